The summed E-state index contributed by atoms with van der Waals surface area (Å²) in [6, 6.07) is 14.9. The maximum Gasteiger partial charge on any atom is 0.254 e. The Balaban J connectivity index is 1.28. The monoisotopic (exact) mass is 535 g/mol. The second kappa shape index (κ2) is 11.9. The van der Waals surface area contributed by atoms with E-state index in [-0.39, 0.29) is 37.0 Å². The van der Waals surface area contributed by atoms with Crippen molar-refractivity contribution in [1.82, 2.24) is 20.2 Å². The average molecular weight is 536 g/mol. The number of nitrogens with zero attached hydrogens (tertiary/aromatic N) is 3. The molecule has 0 bridgehead atoms. The third-order valence-electron chi connectivity index (χ3n) is 6.85. The van der Waals surface area contributed by atoms with Crippen molar-refractivity contribution in [3.63, 3.8) is 0 Å². The Morgan fingerprint density at radius 2 is 1.97 bits per heavy atom. The van der Waals surface area contributed by atoms with Gasteiger partial charge in [0.05, 0.1) is 23.0 Å². The van der Waals surface area contributed by atoms with Gasteiger partial charge in [0.2, 0.25) is 11.9 Å². The third-order valence-corrected chi connectivity index (χ3v) is 7.13. The zero-order valence-electron chi connectivity index (χ0n) is 20.9. The molecule has 10 heteroatoms. The van der Waals surface area contributed by atoms with E-state index < -0.39 is 0 Å². The molecule has 0 radical (unpaired) electrons. The van der Waals surface area contributed by atoms with Crippen molar-refractivity contribution in [2.75, 3.05) is 31.7 Å². The van der Waals surface area contributed by atoms with E-state index in [2.05, 4.69) is 20.6 Å². The summed E-state index contributed by atoms with van der Waals surface area (Å²) in [5.74, 6) is -0.0187. The molecule has 3 aromatic rings. The summed E-state index contributed by atoms with van der Waals surface area (Å²) in [5, 5.41) is 16.1. The summed E-state index contributed by atoms with van der Waals surface area (Å²) in [6.45, 7) is 1.60. The van der Waals surface area contributed by atoms with Gasteiger partial charge in [-0.15, -0.1) is 0 Å². The molecule has 0 aliphatic carbocycles. The highest BCUT2D eigenvalue weighted by molar-refractivity contribution is 6.33. The Labute approximate surface area is 226 Å². The van der Waals surface area contributed by atoms with Crippen molar-refractivity contribution in [2.24, 2.45) is 0 Å². The Bertz CT molecular complexity index is 1300. The normalized spacial score (nSPS) is 16.3. The van der Waals surface area contributed by atoms with E-state index >= 15 is 0 Å². The highest BCUT2D eigenvalue weighted by atomic mass is 35.5. The van der Waals surface area contributed by atoms with E-state index in [0.717, 1.165) is 24.0 Å². The molecule has 1 aromatic heterocycles. The number of amides is 2. The van der Waals surface area contributed by atoms with Crippen molar-refractivity contribution in [1.29, 1.82) is 0 Å². The van der Waals surface area contributed by atoms with Crippen LogP contribution in [-0.4, -0.2) is 64.2 Å². The number of aliphatic hydroxyl groups excluding tert-OH is 1. The smallest absolute Gasteiger partial charge is 0.254 e. The number of halogens is 1. The van der Waals surface area contributed by atoms with Crippen LogP contribution in [-0.2, 0) is 16.1 Å². The number of fused-ring (bicyclic) bond motifs is 1. The Morgan fingerprint density at radius 3 is 2.74 bits per heavy atom. The van der Waals surface area contributed by atoms with Crippen LogP contribution in [0.2, 0.25) is 5.02 Å². The largest absolute Gasteiger partial charge is 0.396 e. The van der Waals surface area contributed by atoms with Gasteiger partial charge in [-0.3, -0.25) is 9.59 Å². The second-order valence-electron chi connectivity index (χ2n) is 9.50. The highest BCUT2D eigenvalue weighted by Gasteiger charge is 2.30. The number of hydrogen-bond donors (Lipinski definition) is 3. The summed E-state index contributed by atoms with van der Waals surface area (Å²) in [5.41, 5.74) is 3.52. The van der Waals surface area contributed by atoms with E-state index in [9.17, 15) is 14.7 Å². The Morgan fingerprint density at radius 1 is 1.18 bits per heavy atom. The van der Waals surface area contributed by atoms with Crippen LogP contribution in [0.1, 0.15) is 46.8 Å². The highest BCUT2D eigenvalue weighted by Crippen LogP contribution is 2.31. The maximum atomic E-state index is 13.2. The second-order valence-corrected chi connectivity index (χ2v) is 9.90. The first-order chi connectivity index (χ1) is 18.5. The van der Waals surface area contributed by atoms with Crippen LogP contribution in [0.3, 0.4) is 0 Å². The lowest BCUT2D eigenvalue weighted by Gasteiger charge is -2.23. The van der Waals surface area contributed by atoms with Gasteiger partial charge in [0.1, 0.15) is 6.54 Å². The van der Waals surface area contributed by atoms with Crippen molar-refractivity contribution < 1.29 is 19.4 Å². The van der Waals surface area contributed by atoms with Gasteiger partial charge in [-0.2, -0.15) is 0 Å². The van der Waals surface area contributed by atoms with Crippen LogP contribution in [0.25, 0.3) is 11.3 Å². The Kier molecular flexibility index (Phi) is 8.17. The molecule has 1 fully saturated rings. The molecule has 0 unspecified atom stereocenters. The van der Waals surface area contributed by atoms with Gasteiger partial charge < -0.3 is 25.4 Å². The van der Waals surface area contributed by atoms with Crippen LogP contribution in [0.4, 0.5) is 5.95 Å². The number of ether oxygens (including phenoxy) is 1. The van der Waals surface area contributed by atoms with E-state index in [1.54, 1.807) is 12.3 Å². The zero-order valence-corrected chi connectivity index (χ0v) is 21.7. The zero-order chi connectivity index (χ0) is 26.5. The van der Waals surface area contributed by atoms with Gasteiger partial charge in [-0.25, -0.2) is 9.97 Å². The summed E-state index contributed by atoms with van der Waals surface area (Å²) >= 11 is 6.44. The number of rotatable bonds is 9. The first-order valence-electron chi connectivity index (χ1n) is 12.8. The minimum atomic E-state index is -0.329. The molecular weight excluding hydrogens is 506 g/mol. The number of nitrogens with one attached hydrogen (secondary N) is 2. The van der Waals surface area contributed by atoms with E-state index in [0.29, 0.717) is 54.0 Å². The van der Waals surface area contributed by atoms with Gasteiger partial charge in [0, 0.05) is 43.5 Å². The lowest BCUT2D eigenvalue weighted by molar-refractivity contribution is -0.122. The average Bonchev–Trinajstić information content (AvgIpc) is 3.24. The quantitative estimate of drug-likeness (QED) is 0.383. The molecule has 0 saturated carbocycles. The number of aromatic nitrogens is 2. The fraction of sp³-hybridized carbons (Fsp3) is 0.357. The van der Waals surface area contributed by atoms with Gasteiger partial charge in [-0.1, -0.05) is 54.1 Å². The summed E-state index contributed by atoms with van der Waals surface area (Å²) in [6.07, 6.45) is 3.71. The minimum Gasteiger partial charge on any atom is -0.396 e. The molecular formula is C28H30ClN5O4. The molecule has 0 spiro atoms. The molecule has 1 atom stereocenters. The number of carbonyl (C=O) groups excluding carboxylic acids is 2. The number of anilines is 1. The lowest BCUT2D eigenvalue weighted by Crippen LogP contribution is -2.39. The molecule has 9 nitrogen and oxygen atoms in total. The van der Waals surface area contributed by atoms with Crippen molar-refractivity contribution in [3.8, 4) is 11.3 Å². The SMILES string of the molecule is O=C(CN1Cc2ccc(-c3nc(NC4CCOCC4)ncc3Cl)cc2C1=O)N[C@@H](CCO)c1ccccc1. The molecule has 2 amide bonds. The van der Waals surface area contributed by atoms with Crippen LogP contribution in [0, 0.1) is 0 Å². The van der Waals surface area contributed by atoms with E-state index in [1.807, 2.05) is 42.5 Å². The summed E-state index contributed by atoms with van der Waals surface area (Å²) in [4.78, 5) is 36.5. The molecule has 3 N–H and O–H groups in total. The van der Waals surface area contributed by atoms with Crippen molar-refractivity contribution >= 4 is 29.4 Å². The third kappa shape index (κ3) is 5.96. The predicted molar refractivity (Wildman–Crippen MR) is 144 cm³/mol. The summed E-state index contributed by atoms with van der Waals surface area (Å²) in [7, 11) is 0. The first-order valence-corrected chi connectivity index (χ1v) is 13.1. The van der Waals surface area contributed by atoms with Crippen LogP contribution in [0.5, 0.6) is 0 Å². The fourth-order valence-electron chi connectivity index (χ4n) is 4.85. The van der Waals surface area contributed by atoms with Crippen LogP contribution >= 0.6 is 11.6 Å². The minimum absolute atomic E-state index is 0.0609. The van der Waals surface area contributed by atoms with Crippen LogP contribution in [0.15, 0.2) is 54.7 Å². The van der Waals surface area contributed by atoms with E-state index in [1.165, 1.54) is 4.90 Å². The molecule has 3 heterocycles. The van der Waals surface area contributed by atoms with Gasteiger partial charge in [0.25, 0.3) is 5.91 Å². The topological polar surface area (TPSA) is 117 Å². The van der Waals surface area contributed by atoms with E-state index in [4.69, 9.17) is 16.3 Å². The lowest BCUT2D eigenvalue weighted by atomic mass is 10.0. The molecule has 2 aliphatic rings. The molecule has 1 saturated heterocycles. The molecule has 38 heavy (non-hydrogen) atoms. The molecule has 5 rings (SSSR count). The van der Waals surface area contributed by atoms with Gasteiger partial charge in [0.15, 0.2) is 0 Å². The van der Waals surface area contributed by atoms with Crippen molar-refractivity contribution in [2.45, 2.75) is 37.9 Å². The Hall–Kier alpha value is -3.53. The maximum absolute atomic E-state index is 13.2. The first kappa shape index (κ1) is 26.1. The van der Waals surface area contributed by atoms with Crippen molar-refractivity contribution in [3.05, 3.63) is 76.4 Å². The molecule has 198 valence electrons. The predicted octanol–water partition coefficient (Wildman–Crippen LogP) is 3.58. The number of carbonyl (C=O) groups is 2. The number of aliphatic hydroxyl groups is 1. The number of hydrogen-bond acceptors (Lipinski definition) is 7. The number of benzene rings is 2. The summed E-state index contributed by atoms with van der Waals surface area (Å²) < 4.78 is 5.41. The molecule has 2 aromatic carbocycles. The fourth-order valence-corrected chi connectivity index (χ4v) is 5.05. The van der Waals surface area contributed by atoms with Gasteiger partial charge >= 0.3 is 0 Å². The van der Waals surface area contributed by atoms with Gasteiger partial charge in [-0.05, 0) is 36.5 Å². The van der Waals surface area contributed by atoms with Crippen LogP contribution < -0.4 is 10.6 Å². The molecule has 2 aliphatic heterocycles. The standard InChI is InChI=1S/C28H30ClN5O4/c29-23-15-30-28(31-21-9-12-38-13-10-21)33-26(23)19-6-7-20-16-34(27(37)22(20)14-19)17-25(36)32-24(8-11-35)18-4-2-1-3-5-18/h1-7,14-15,21,24,35H,8-13,16-17H2,(H,32,36)(H,30,31,33)/t24-/m0/s1.